The number of H-pyrrole nitrogens is 1. The van der Waals surface area contributed by atoms with E-state index in [-0.39, 0.29) is 23.3 Å². The zero-order valence-electron chi connectivity index (χ0n) is 16.6. The van der Waals surface area contributed by atoms with E-state index < -0.39 is 11.2 Å². The molecule has 0 radical (unpaired) electrons. The van der Waals surface area contributed by atoms with Crippen molar-refractivity contribution in [3.05, 3.63) is 38.2 Å². The molecule has 2 aromatic rings. The zero-order chi connectivity index (χ0) is 20.0. The van der Waals surface area contributed by atoms with Gasteiger partial charge in [0, 0.05) is 43.8 Å². The van der Waals surface area contributed by atoms with Crippen molar-refractivity contribution < 1.29 is 4.79 Å². The van der Waals surface area contributed by atoms with Gasteiger partial charge in [-0.25, -0.2) is 9.78 Å². The molecule has 2 fully saturated rings. The minimum atomic E-state index is -0.540. The summed E-state index contributed by atoms with van der Waals surface area (Å²) >= 11 is 0. The lowest BCUT2D eigenvalue weighted by Gasteiger charge is -2.32. The number of rotatable bonds is 4. The molecule has 3 heterocycles. The Morgan fingerprint density at radius 3 is 2.71 bits per heavy atom. The molecule has 1 aliphatic carbocycles. The first-order valence-electron chi connectivity index (χ1n) is 10.1. The molecular formula is C20H27N5O3. The SMILES string of the molecule is CC(C)Cn1c(=O)[nH]c(=O)c2c(C(=O)N3CCNC(C)C3)cc(C3CC3)nc21. The Hall–Kier alpha value is -2.48. The molecule has 0 spiro atoms. The first-order chi connectivity index (χ1) is 13.3. The minimum absolute atomic E-state index is 0.164. The Morgan fingerprint density at radius 2 is 2.07 bits per heavy atom. The van der Waals surface area contributed by atoms with Crippen molar-refractivity contribution in [2.45, 2.75) is 52.1 Å². The number of piperazine rings is 1. The van der Waals surface area contributed by atoms with E-state index in [1.165, 1.54) is 4.57 Å². The van der Waals surface area contributed by atoms with Gasteiger partial charge in [0.2, 0.25) is 0 Å². The number of nitrogens with zero attached hydrogens (tertiary/aromatic N) is 3. The molecule has 0 aromatic carbocycles. The fraction of sp³-hybridized carbons (Fsp3) is 0.600. The number of carbonyl (C=O) groups is 1. The lowest BCUT2D eigenvalue weighted by molar-refractivity contribution is 0.0710. The highest BCUT2D eigenvalue weighted by molar-refractivity contribution is 6.05. The third kappa shape index (κ3) is 3.48. The smallest absolute Gasteiger partial charge is 0.330 e. The van der Waals surface area contributed by atoms with Crippen LogP contribution in [0, 0.1) is 5.92 Å². The van der Waals surface area contributed by atoms with Crippen molar-refractivity contribution >= 4 is 16.9 Å². The standard InChI is InChI=1S/C20H27N5O3/c1-11(2)9-25-17-16(18(26)23-20(25)28)14(8-15(22-17)13-4-5-13)19(27)24-7-6-21-12(3)10-24/h8,11-13,21H,4-7,9-10H2,1-3H3,(H,23,26,28). The Morgan fingerprint density at radius 1 is 1.32 bits per heavy atom. The van der Waals surface area contributed by atoms with Crippen molar-refractivity contribution in [3.63, 3.8) is 0 Å². The Kier molecular flexibility index (Phi) is 4.82. The fourth-order valence-electron chi connectivity index (χ4n) is 3.87. The molecular weight excluding hydrogens is 358 g/mol. The number of nitrogens with one attached hydrogen (secondary N) is 2. The van der Waals surface area contributed by atoms with Gasteiger partial charge in [-0.05, 0) is 31.7 Å². The summed E-state index contributed by atoms with van der Waals surface area (Å²) in [7, 11) is 0. The lowest BCUT2D eigenvalue weighted by atomic mass is 10.1. The van der Waals surface area contributed by atoms with E-state index in [9.17, 15) is 14.4 Å². The van der Waals surface area contributed by atoms with E-state index >= 15 is 0 Å². The van der Waals surface area contributed by atoms with Crippen LogP contribution in [0.2, 0.25) is 0 Å². The van der Waals surface area contributed by atoms with Crippen molar-refractivity contribution in [1.29, 1.82) is 0 Å². The summed E-state index contributed by atoms with van der Waals surface area (Å²) in [4.78, 5) is 47.4. The molecule has 1 saturated heterocycles. The molecule has 1 aliphatic heterocycles. The number of amides is 1. The van der Waals surface area contributed by atoms with Gasteiger partial charge in [0.15, 0.2) is 5.65 Å². The van der Waals surface area contributed by atoms with Crippen LogP contribution in [0.15, 0.2) is 15.7 Å². The molecule has 0 bridgehead atoms. The van der Waals surface area contributed by atoms with Crippen LogP contribution in [0.4, 0.5) is 0 Å². The topological polar surface area (TPSA) is 100 Å². The number of pyridine rings is 1. The van der Waals surface area contributed by atoms with Gasteiger partial charge in [0.1, 0.15) is 0 Å². The summed E-state index contributed by atoms with van der Waals surface area (Å²) in [6.45, 7) is 8.38. The number of hydrogen-bond donors (Lipinski definition) is 2. The van der Waals surface area contributed by atoms with Gasteiger partial charge in [-0.15, -0.1) is 0 Å². The molecule has 4 rings (SSSR count). The molecule has 2 aromatic heterocycles. The van der Waals surface area contributed by atoms with Crippen molar-refractivity contribution in [3.8, 4) is 0 Å². The summed E-state index contributed by atoms with van der Waals surface area (Å²) in [5.41, 5.74) is 0.488. The normalized spacial score (nSPS) is 20.1. The summed E-state index contributed by atoms with van der Waals surface area (Å²) in [6, 6.07) is 1.97. The number of carbonyl (C=O) groups excluding carboxylic acids is 1. The lowest BCUT2D eigenvalue weighted by Crippen LogP contribution is -2.51. The van der Waals surface area contributed by atoms with E-state index in [0.29, 0.717) is 36.8 Å². The van der Waals surface area contributed by atoms with Gasteiger partial charge in [0.25, 0.3) is 11.5 Å². The van der Waals surface area contributed by atoms with Gasteiger partial charge in [0.05, 0.1) is 10.9 Å². The molecule has 1 unspecified atom stereocenters. The van der Waals surface area contributed by atoms with Crippen LogP contribution in [0.1, 0.15) is 55.6 Å². The number of aromatic amines is 1. The van der Waals surface area contributed by atoms with Crippen LogP contribution in [-0.4, -0.2) is 51.0 Å². The minimum Gasteiger partial charge on any atom is -0.336 e. The van der Waals surface area contributed by atoms with Crippen LogP contribution < -0.4 is 16.6 Å². The Labute approximate surface area is 163 Å². The molecule has 2 aliphatic rings. The predicted octanol–water partition coefficient (Wildman–Crippen LogP) is 1.05. The van der Waals surface area contributed by atoms with Crippen LogP contribution in [0.3, 0.4) is 0 Å². The van der Waals surface area contributed by atoms with Crippen LogP contribution in [-0.2, 0) is 6.54 Å². The molecule has 1 atom stereocenters. The van der Waals surface area contributed by atoms with E-state index in [2.05, 4.69) is 15.3 Å². The summed E-state index contributed by atoms with van der Waals surface area (Å²) in [5.74, 6) is 0.342. The highest BCUT2D eigenvalue weighted by Gasteiger charge is 2.31. The molecule has 1 saturated carbocycles. The highest BCUT2D eigenvalue weighted by Crippen LogP contribution is 2.40. The van der Waals surface area contributed by atoms with E-state index in [1.807, 2.05) is 20.8 Å². The average molecular weight is 385 g/mol. The van der Waals surface area contributed by atoms with Crippen LogP contribution in [0.25, 0.3) is 11.0 Å². The second kappa shape index (κ2) is 7.16. The Bertz CT molecular complexity index is 1030. The number of aromatic nitrogens is 3. The maximum absolute atomic E-state index is 13.4. The number of fused-ring (bicyclic) bond motifs is 1. The third-order valence-electron chi connectivity index (χ3n) is 5.40. The fourth-order valence-corrected chi connectivity index (χ4v) is 3.87. The van der Waals surface area contributed by atoms with Crippen LogP contribution >= 0.6 is 0 Å². The van der Waals surface area contributed by atoms with E-state index in [4.69, 9.17) is 0 Å². The molecule has 8 heteroatoms. The molecule has 8 nitrogen and oxygen atoms in total. The van der Waals surface area contributed by atoms with Crippen molar-refractivity contribution in [2.75, 3.05) is 19.6 Å². The first kappa shape index (κ1) is 18.9. The van der Waals surface area contributed by atoms with E-state index in [0.717, 1.165) is 25.1 Å². The third-order valence-corrected chi connectivity index (χ3v) is 5.40. The van der Waals surface area contributed by atoms with Crippen LogP contribution in [0.5, 0.6) is 0 Å². The van der Waals surface area contributed by atoms with E-state index in [1.54, 1.807) is 11.0 Å². The molecule has 2 N–H and O–H groups in total. The first-order valence-corrected chi connectivity index (χ1v) is 10.1. The van der Waals surface area contributed by atoms with Crippen molar-refractivity contribution in [2.24, 2.45) is 5.92 Å². The van der Waals surface area contributed by atoms with Gasteiger partial charge < -0.3 is 10.2 Å². The summed E-state index contributed by atoms with van der Waals surface area (Å²) < 4.78 is 1.50. The maximum atomic E-state index is 13.4. The molecule has 28 heavy (non-hydrogen) atoms. The quantitative estimate of drug-likeness (QED) is 0.820. The monoisotopic (exact) mass is 385 g/mol. The second-order valence-corrected chi connectivity index (χ2v) is 8.44. The molecule has 150 valence electrons. The summed E-state index contributed by atoms with van der Waals surface area (Å²) in [5, 5.41) is 3.55. The zero-order valence-corrected chi connectivity index (χ0v) is 16.6. The van der Waals surface area contributed by atoms with Gasteiger partial charge in [-0.2, -0.15) is 0 Å². The number of hydrogen-bond acceptors (Lipinski definition) is 5. The van der Waals surface area contributed by atoms with Crippen molar-refractivity contribution in [1.82, 2.24) is 24.8 Å². The van der Waals surface area contributed by atoms with Gasteiger partial charge in [-0.3, -0.25) is 19.1 Å². The predicted molar refractivity (Wildman–Crippen MR) is 107 cm³/mol. The highest BCUT2D eigenvalue weighted by atomic mass is 16.2. The largest absolute Gasteiger partial charge is 0.336 e. The average Bonchev–Trinajstić information content (AvgIpc) is 3.48. The second-order valence-electron chi connectivity index (χ2n) is 8.44. The van der Waals surface area contributed by atoms with Gasteiger partial charge >= 0.3 is 5.69 Å². The molecule has 1 amide bonds. The maximum Gasteiger partial charge on any atom is 0.330 e. The summed E-state index contributed by atoms with van der Waals surface area (Å²) in [6.07, 6.45) is 2.04. The Balaban J connectivity index is 1.93. The van der Waals surface area contributed by atoms with Gasteiger partial charge in [-0.1, -0.05) is 13.8 Å².